The fourth-order valence-corrected chi connectivity index (χ4v) is 2.89. The van der Waals surface area contributed by atoms with E-state index < -0.39 is 0 Å². The predicted octanol–water partition coefficient (Wildman–Crippen LogP) is 3.87. The zero-order chi connectivity index (χ0) is 13.8. The zero-order valence-corrected chi connectivity index (χ0v) is 12.7. The van der Waals surface area contributed by atoms with Crippen LogP contribution >= 0.6 is 11.3 Å². The maximum atomic E-state index is 5.13. The lowest BCUT2D eigenvalue weighted by Gasteiger charge is -2.10. The number of anilines is 1. The van der Waals surface area contributed by atoms with E-state index in [-0.39, 0.29) is 6.04 Å². The maximum Gasteiger partial charge on any atom is 0.183 e. The number of methoxy groups -OCH3 is 1. The molecule has 0 unspecified atom stereocenters. The lowest BCUT2D eigenvalue weighted by Crippen LogP contribution is -2.20. The van der Waals surface area contributed by atoms with Gasteiger partial charge in [0, 0.05) is 23.6 Å². The fourth-order valence-electron chi connectivity index (χ4n) is 1.94. The van der Waals surface area contributed by atoms with Crippen LogP contribution in [0.15, 0.2) is 24.3 Å². The largest absolute Gasteiger partial charge is 0.383 e. The molecule has 4 heteroatoms. The van der Waals surface area contributed by atoms with Crippen LogP contribution in [0.3, 0.4) is 0 Å². The fraction of sp³-hybridized carbons (Fsp3) is 0.400. The maximum absolute atomic E-state index is 5.13. The number of hydrogen-bond acceptors (Lipinski definition) is 4. The third kappa shape index (κ3) is 3.55. The van der Waals surface area contributed by atoms with Crippen molar-refractivity contribution in [1.82, 2.24) is 4.98 Å². The number of nitrogens with one attached hydrogen (secondary N) is 1. The van der Waals surface area contributed by atoms with Gasteiger partial charge >= 0.3 is 0 Å². The van der Waals surface area contributed by atoms with Crippen molar-refractivity contribution in [3.63, 3.8) is 0 Å². The van der Waals surface area contributed by atoms with Gasteiger partial charge in [0.15, 0.2) is 5.13 Å². The van der Waals surface area contributed by atoms with E-state index in [2.05, 4.69) is 55.3 Å². The summed E-state index contributed by atoms with van der Waals surface area (Å²) < 4.78 is 5.13. The van der Waals surface area contributed by atoms with E-state index in [1.807, 2.05) is 0 Å². The highest BCUT2D eigenvalue weighted by molar-refractivity contribution is 7.16. The number of benzene rings is 1. The van der Waals surface area contributed by atoms with Crippen molar-refractivity contribution < 1.29 is 4.74 Å². The van der Waals surface area contributed by atoms with E-state index in [0.717, 1.165) is 10.8 Å². The Kier molecular flexibility index (Phi) is 4.56. The zero-order valence-electron chi connectivity index (χ0n) is 11.9. The van der Waals surface area contributed by atoms with Gasteiger partial charge in [-0.15, -0.1) is 11.3 Å². The number of aromatic nitrogens is 1. The lowest BCUT2D eigenvalue weighted by atomic mass is 10.1. The smallest absolute Gasteiger partial charge is 0.183 e. The predicted molar refractivity (Wildman–Crippen MR) is 82.0 cm³/mol. The molecule has 3 nitrogen and oxygen atoms in total. The van der Waals surface area contributed by atoms with Crippen molar-refractivity contribution in [3.8, 4) is 11.3 Å². The van der Waals surface area contributed by atoms with Gasteiger partial charge in [-0.3, -0.25) is 0 Å². The number of nitrogens with zero attached hydrogens (tertiary/aromatic N) is 1. The molecule has 1 heterocycles. The summed E-state index contributed by atoms with van der Waals surface area (Å²) in [5, 5.41) is 4.32. The Labute approximate surface area is 118 Å². The molecule has 0 spiro atoms. The highest BCUT2D eigenvalue weighted by Crippen LogP contribution is 2.30. The highest BCUT2D eigenvalue weighted by Gasteiger charge is 2.11. The van der Waals surface area contributed by atoms with Crippen LogP contribution in [0.5, 0.6) is 0 Å². The third-order valence-electron chi connectivity index (χ3n) is 2.91. The first kappa shape index (κ1) is 14.0. The first-order valence-corrected chi connectivity index (χ1v) is 7.21. The van der Waals surface area contributed by atoms with Gasteiger partial charge in [-0.25, -0.2) is 4.98 Å². The molecule has 0 fully saturated rings. The second-order valence-electron chi connectivity index (χ2n) is 4.79. The third-order valence-corrected chi connectivity index (χ3v) is 3.81. The normalized spacial score (nSPS) is 12.4. The molecule has 0 saturated carbocycles. The molecule has 1 aromatic carbocycles. The number of rotatable bonds is 5. The van der Waals surface area contributed by atoms with Crippen molar-refractivity contribution in [2.24, 2.45) is 0 Å². The first-order chi connectivity index (χ1) is 9.10. The van der Waals surface area contributed by atoms with Crippen molar-refractivity contribution >= 4 is 16.5 Å². The van der Waals surface area contributed by atoms with E-state index in [1.165, 1.54) is 16.0 Å². The first-order valence-electron chi connectivity index (χ1n) is 6.40. The van der Waals surface area contributed by atoms with Crippen LogP contribution in [0.2, 0.25) is 0 Å². The summed E-state index contributed by atoms with van der Waals surface area (Å²) >= 11 is 1.69. The minimum Gasteiger partial charge on any atom is -0.383 e. The van der Waals surface area contributed by atoms with Crippen LogP contribution in [0.1, 0.15) is 17.4 Å². The number of thiazole rings is 1. The Morgan fingerprint density at radius 1 is 1.26 bits per heavy atom. The molecule has 0 bridgehead atoms. The minimum absolute atomic E-state index is 0.265. The lowest BCUT2D eigenvalue weighted by molar-refractivity contribution is 0.190. The quantitative estimate of drug-likeness (QED) is 0.900. The van der Waals surface area contributed by atoms with E-state index >= 15 is 0 Å². The van der Waals surface area contributed by atoms with Crippen LogP contribution in [-0.2, 0) is 4.74 Å². The Balaban J connectivity index is 2.19. The second-order valence-corrected chi connectivity index (χ2v) is 5.99. The van der Waals surface area contributed by atoms with Gasteiger partial charge < -0.3 is 10.1 Å². The minimum atomic E-state index is 0.265. The summed E-state index contributed by atoms with van der Waals surface area (Å²) in [6.45, 7) is 6.97. The van der Waals surface area contributed by atoms with Crippen LogP contribution < -0.4 is 5.32 Å². The Morgan fingerprint density at radius 2 is 1.95 bits per heavy atom. The molecule has 0 radical (unpaired) electrons. The summed E-state index contributed by atoms with van der Waals surface area (Å²) in [4.78, 5) is 5.92. The summed E-state index contributed by atoms with van der Waals surface area (Å²) in [7, 11) is 1.71. The molecule has 2 rings (SSSR count). The van der Waals surface area contributed by atoms with Gasteiger partial charge in [0.25, 0.3) is 0 Å². The molecule has 1 N–H and O–H groups in total. The standard InChI is InChI=1S/C15H20N2OS/c1-10-5-7-13(8-6-10)14-12(3)19-15(17-14)16-11(2)9-18-4/h5-8,11H,9H2,1-4H3,(H,16,17)/t11-/m1/s1. The Bertz CT molecular complexity index is 534. The molecule has 102 valence electrons. The van der Waals surface area contributed by atoms with Crippen molar-refractivity contribution in [3.05, 3.63) is 34.7 Å². The van der Waals surface area contributed by atoms with E-state index in [4.69, 9.17) is 4.74 Å². The number of ether oxygens (including phenoxy) is 1. The van der Waals surface area contributed by atoms with Gasteiger partial charge in [0.05, 0.1) is 12.3 Å². The molecule has 0 saturated heterocycles. The molecule has 0 aliphatic rings. The Morgan fingerprint density at radius 3 is 2.58 bits per heavy atom. The van der Waals surface area contributed by atoms with Crippen LogP contribution in [-0.4, -0.2) is 24.7 Å². The summed E-state index contributed by atoms with van der Waals surface area (Å²) in [5.74, 6) is 0. The molecule has 2 aromatic rings. The molecule has 0 aliphatic carbocycles. The summed E-state index contributed by atoms with van der Waals surface area (Å²) in [6.07, 6.45) is 0. The van der Waals surface area contributed by atoms with Gasteiger partial charge in [-0.2, -0.15) is 0 Å². The second kappa shape index (κ2) is 6.17. The average Bonchev–Trinajstić information content (AvgIpc) is 2.71. The van der Waals surface area contributed by atoms with Crippen LogP contribution in [0, 0.1) is 13.8 Å². The van der Waals surface area contributed by atoms with Crippen molar-refractivity contribution in [2.75, 3.05) is 19.0 Å². The molecule has 1 atom stereocenters. The molecule has 0 aliphatic heterocycles. The van der Waals surface area contributed by atoms with Crippen LogP contribution in [0.4, 0.5) is 5.13 Å². The van der Waals surface area contributed by atoms with Gasteiger partial charge in [-0.1, -0.05) is 29.8 Å². The van der Waals surface area contributed by atoms with E-state index in [0.29, 0.717) is 6.61 Å². The number of aryl methyl sites for hydroxylation is 2. The van der Waals surface area contributed by atoms with E-state index in [9.17, 15) is 0 Å². The van der Waals surface area contributed by atoms with Gasteiger partial charge in [0.2, 0.25) is 0 Å². The number of hydrogen-bond donors (Lipinski definition) is 1. The SMILES string of the molecule is COC[C@@H](C)Nc1nc(-c2ccc(C)cc2)c(C)s1. The molecule has 19 heavy (non-hydrogen) atoms. The average molecular weight is 276 g/mol. The Hall–Kier alpha value is -1.39. The van der Waals surface area contributed by atoms with Crippen LogP contribution in [0.25, 0.3) is 11.3 Å². The molecular weight excluding hydrogens is 256 g/mol. The van der Waals surface area contributed by atoms with Crippen molar-refractivity contribution in [2.45, 2.75) is 26.8 Å². The highest BCUT2D eigenvalue weighted by atomic mass is 32.1. The van der Waals surface area contributed by atoms with Gasteiger partial charge in [0.1, 0.15) is 0 Å². The monoisotopic (exact) mass is 276 g/mol. The molecule has 0 amide bonds. The molecular formula is C15H20N2OS. The van der Waals surface area contributed by atoms with E-state index in [1.54, 1.807) is 18.4 Å². The van der Waals surface area contributed by atoms with Crippen molar-refractivity contribution in [1.29, 1.82) is 0 Å². The van der Waals surface area contributed by atoms with Gasteiger partial charge in [-0.05, 0) is 20.8 Å². The summed E-state index contributed by atoms with van der Waals surface area (Å²) in [5.41, 5.74) is 3.51. The summed E-state index contributed by atoms with van der Waals surface area (Å²) in [6, 6.07) is 8.75. The molecule has 1 aromatic heterocycles. The topological polar surface area (TPSA) is 34.1 Å².